The van der Waals surface area contributed by atoms with Gasteiger partial charge in [-0.25, -0.2) is 0 Å². The van der Waals surface area contributed by atoms with E-state index in [-0.39, 0.29) is 12.8 Å². The van der Waals surface area contributed by atoms with Crippen LogP contribution in [0.25, 0.3) is 0 Å². The molecule has 1 fully saturated rings. The molecule has 0 bridgehead atoms. The molecule has 0 spiro atoms. The second-order valence-electron chi connectivity index (χ2n) is 4.46. The molecule has 0 aromatic carbocycles. The normalized spacial score (nSPS) is 34.5. The lowest BCUT2D eigenvalue weighted by molar-refractivity contribution is -0.230. The summed E-state index contributed by atoms with van der Waals surface area (Å²) in [4.78, 5) is 0. The van der Waals surface area contributed by atoms with Crippen molar-refractivity contribution in [1.29, 1.82) is 0 Å². The summed E-state index contributed by atoms with van der Waals surface area (Å²) in [6.07, 6.45) is -2.31. The largest absolute Gasteiger partial charge is 0.394 e. The molecule has 1 nitrogen and oxygen atoms in total. The zero-order valence-electron chi connectivity index (χ0n) is 8.66. The van der Waals surface area contributed by atoms with Gasteiger partial charge in [0, 0.05) is 13.7 Å². The molecule has 0 aliphatic heterocycles. The Morgan fingerprint density at radius 3 is 2.14 bits per heavy atom. The Bertz CT molecular complexity index is 180. The number of ether oxygens (including phenoxy) is 1. The molecule has 1 rings (SSSR count). The third-order valence-corrected chi connectivity index (χ3v) is 3.30. The van der Waals surface area contributed by atoms with Crippen LogP contribution in [0.3, 0.4) is 0 Å². The number of alkyl halides is 3. The van der Waals surface area contributed by atoms with Gasteiger partial charge in [0.1, 0.15) is 0 Å². The van der Waals surface area contributed by atoms with Gasteiger partial charge in [-0.15, -0.1) is 0 Å². The first kappa shape index (κ1) is 11.8. The van der Waals surface area contributed by atoms with Gasteiger partial charge in [0.2, 0.25) is 0 Å². The van der Waals surface area contributed by atoms with Gasteiger partial charge < -0.3 is 4.74 Å². The van der Waals surface area contributed by atoms with E-state index in [0.29, 0.717) is 25.4 Å². The van der Waals surface area contributed by atoms with Crippen molar-refractivity contribution in [3.05, 3.63) is 0 Å². The lowest BCUT2D eigenvalue weighted by atomic mass is 9.71. The third-order valence-electron chi connectivity index (χ3n) is 3.30. The van der Waals surface area contributed by atoms with Crippen molar-refractivity contribution in [1.82, 2.24) is 0 Å². The number of rotatable bonds is 2. The van der Waals surface area contributed by atoms with E-state index in [2.05, 4.69) is 0 Å². The average molecular weight is 210 g/mol. The van der Waals surface area contributed by atoms with E-state index in [1.165, 1.54) is 6.92 Å². The molecule has 0 amide bonds. The van der Waals surface area contributed by atoms with E-state index in [1.807, 2.05) is 0 Å². The van der Waals surface area contributed by atoms with Gasteiger partial charge in [0.25, 0.3) is 0 Å². The molecule has 0 heterocycles. The summed E-state index contributed by atoms with van der Waals surface area (Å²) in [5.74, 6) is 0.315. The third kappa shape index (κ3) is 2.41. The number of hydrogen-bond acceptors (Lipinski definition) is 1. The molecule has 4 heteroatoms. The quantitative estimate of drug-likeness (QED) is 0.678. The van der Waals surface area contributed by atoms with Crippen molar-refractivity contribution in [2.24, 2.45) is 11.3 Å². The number of halogens is 3. The highest BCUT2D eigenvalue weighted by Gasteiger charge is 2.51. The molecule has 0 unspecified atom stereocenters. The monoisotopic (exact) mass is 210 g/mol. The van der Waals surface area contributed by atoms with Crippen LogP contribution in [-0.2, 0) is 4.74 Å². The molecule has 0 aromatic heterocycles. The fourth-order valence-electron chi connectivity index (χ4n) is 2.00. The molecule has 0 aromatic rings. The van der Waals surface area contributed by atoms with Crippen LogP contribution < -0.4 is 0 Å². The highest BCUT2D eigenvalue weighted by atomic mass is 19.4. The highest BCUT2D eigenvalue weighted by Crippen LogP contribution is 2.49. The highest BCUT2D eigenvalue weighted by molar-refractivity contribution is 4.87. The topological polar surface area (TPSA) is 9.23 Å². The Morgan fingerprint density at radius 2 is 1.79 bits per heavy atom. The van der Waals surface area contributed by atoms with Crippen molar-refractivity contribution < 1.29 is 17.9 Å². The summed E-state index contributed by atoms with van der Waals surface area (Å²) in [6.45, 7) is 1.92. The summed E-state index contributed by atoms with van der Waals surface area (Å²) in [5, 5.41) is 0. The first-order valence-corrected chi connectivity index (χ1v) is 4.95. The van der Waals surface area contributed by atoms with Crippen molar-refractivity contribution in [2.75, 3.05) is 13.7 Å². The predicted octanol–water partition coefficient (Wildman–Crippen LogP) is 3.39. The fourth-order valence-corrected chi connectivity index (χ4v) is 2.00. The Labute approximate surface area is 82.6 Å². The van der Waals surface area contributed by atoms with Gasteiger partial charge >= 0.3 is 6.18 Å². The average Bonchev–Trinajstić information content (AvgIpc) is 2.08. The summed E-state index contributed by atoms with van der Waals surface area (Å²) >= 11 is 0. The summed E-state index contributed by atoms with van der Waals surface area (Å²) in [7, 11) is 1.59. The minimum absolute atomic E-state index is 0.241. The molecule has 1 saturated carbocycles. The fraction of sp³-hybridized carbons (Fsp3) is 1.00. The van der Waals surface area contributed by atoms with E-state index in [0.717, 1.165) is 0 Å². The van der Waals surface area contributed by atoms with E-state index in [1.54, 1.807) is 7.11 Å². The Balaban J connectivity index is 2.49. The summed E-state index contributed by atoms with van der Waals surface area (Å²) in [6, 6.07) is 0. The minimum Gasteiger partial charge on any atom is -0.384 e. The molecular formula is C10H17F3O. The molecule has 1 aliphatic rings. The molecular weight excluding hydrogens is 193 g/mol. The van der Waals surface area contributed by atoms with Gasteiger partial charge in [0.05, 0.1) is 5.41 Å². The van der Waals surface area contributed by atoms with E-state index in [9.17, 15) is 13.2 Å². The molecule has 14 heavy (non-hydrogen) atoms. The zero-order valence-corrected chi connectivity index (χ0v) is 8.66. The van der Waals surface area contributed by atoms with Gasteiger partial charge in [-0.1, -0.05) is 6.92 Å². The smallest absolute Gasteiger partial charge is 0.384 e. The summed E-state index contributed by atoms with van der Waals surface area (Å²) in [5.41, 5.74) is -1.46. The Kier molecular flexibility index (Phi) is 3.45. The van der Waals surface area contributed by atoms with Gasteiger partial charge in [-0.05, 0) is 31.6 Å². The van der Waals surface area contributed by atoms with Crippen molar-refractivity contribution in [3.63, 3.8) is 0 Å². The maximum absolute atomic E-state index is 12.6. The van der Waals surface area contributed by atoms with Crippen LogP contribution in [-0.4, -0.2) is 19.9 Å². The molecule has 0 saturated heterocycles. The van der Waals surface area contributed by atoms with Gasteiger partial charge in [-0.3, -0.25) is 0 Å². The second-order valence-corrected chi connectivity index (χ2v) is 4.46. The predicted molar refractivity (Wildman–Crippen MR) is 48.0 cm³/mol. The molecule has 1 aliphatic carbocycles. The standard InChI is InChI=1S/C10H17F3O/c1-9(10(11,12)13)5-3-8(4-6-9)7-14-2/h8H,3-7H2,1-2H3. The van der Waals surface area contributed by atoms with E-state index < -0.39 is 11.6 Å². The Hall–Kier alpha value is -0.250. The molecule has 84 valence electrons. The van der Waals surface area contributed by atoms with Crippen LogP contribution >= 0.6 is 0 Å². The van der Waals surface area contributed by atoms with Crippen molar-refractivity contribution in [3.8, 4) is 0 Å². The number of methoxy groups -OCH3 is 1. The first-order valence-electron chi connectivity index (χ1n) is 4.95. The van der Waals surface area contributed by atoms with E-state index in [4.69, 9.17) is 4.74 Å². The molecule has 0 atom stereocenters. The first-order chi connectivity index (χ1) is 6.39. The maximum Gasteiger partial charge on any atom is 0.394 e. The van der Waals surface area contributed by atoms with Crippen molar-refractivity contribution >= 4 is 0 Å². The lowest BCUT2D eigenvalue weighted by Crippen LogP contribution is -2.39. The zero-order chi connectivity index (χ0) is 10.8. The van der Waals surface area contributed by atoms with Crippen LogP contribution in [0.2, 0.25) is 0 Å². The van der Waals surface area contributed by atoms with Crippen LogP contribution in [0, 0.1) is 11.3 Å². The maximum atomic E-state index is 12.6. The molecule has 0 radical (unpaired) electrons. The SMILES string of the molecule is COCC1CCC(C)(C(F)(F)F)CC1. The second kappa shape index (κ2) is 4.09. The van der Waals surface area contributed by atoms with E-state index >= 15 is 0 Å². The van der Waals surface area contributed by atoms with Crippen LogP contribution in [0.4, 0.5) is 13.2 Å². The lowest BCUT2D eigenvalue weighted by Gasteiger charge is -2.38. The Morgan fingerprint density at radius 1 is 1.29 bits per heavy atom. The van der Waals surface area contributed by atoms with Crippen molar-refractivity contribution in [2.45, 2.75) is 38.8 Å². The van der Waals surface area contributed by atoms with Crippen LogP contribution in [0.1, 0.15) is 32.6 Å². The number of hydrogen-bond donors (Lipinski definition) is 0. The molecule has 0 N–H and O–H groups in total. The van der Waals surface area contributed by atoms with Crippen LogP contribution in [0.15, 0.2) is 0 Å². The van der Waals surface area contributed by atoms with Gasteiger partial charge in [0.15, 0.2) is 0 Å². The summed E-state index contributed by atoms with van der Waals surface area (Å²) < 4.78 is 42.8. The minimum atomic E-state index is -4.05. The van der Waals surface area contributed by atoms with Gasteiger partial charge in [-0.2, -0.15) is 13.2 Å². The van der Waals surface area contributed by atoms with Crippen LogP contribution in [0.5, 0.6) is 0 Å².